The number of aliphatic hydroxyl groups excluding tert-OH is 1. The fourth-order valence-electron chi connectivity index (χ4n) is 4.24. The third kappa shape index (κ3) is 2.41. The van der Waals surface area contributed by atoms with Gasteiger partial charge in [0.1, 0.15) is 0 Å². The predicted molar refractivity (Wildman–Crippen MR) is 73.5 cm³/mol. The molecule has 2 fully saturated rings. The van der Waals surface area contributed by atoms with Crippen molar-refractivity contribution >= 4 is 7.80 Å². The van der Waals surface area contributed by atoms with E-state index in [1.54, 1.807) is 46.5 Å². The third-order valence-corrected chi connectivity index (χ3v) is 12.1. The van der Waals surface area contributed by atoms with E-state index in [-0.39, 0.29) is 16.9 Å². The molecule has 108 valence electrons. The van der Waals surface area contributed by atoms with Crippen molar-refractivity contribution in [2.45, 2.75) is 54.1 Å². The Hall–Kier alpha value is 1.08. The second kappa shape index (κ2) is 5.07. The van der Waals surface area contributed by atoms with Gasteiger partial charge in [0, 0.05) is 0 Å². The van der Waals surface area contributed by atoms with Gasteiger partial charge in [0.2, 0.25) is 0 Å². The summed E-state index contributed by atoms with van der Waals surface area (Å²) in [6, 6.07) is 0. The standard InChI is InChI=1S/C16H26O.2W/c1-10-7-8-12-11(2)15(3,4)9-13(17)14(12)16(10,5)6;;/h10-14,17H,9H2,1-6H3;;/t10?,11?,12?,13-,14?;;/m1../s1. The van der Waals surface area contributed by atoms with Crippen LogP contribution in [0.4, 0.5) is 0 Å². The van der Waals surface area contributed by atoms with Gasteiger partial charge in [-0.1, -0.05) is 0 Å². The van der Waals surface area contributed by atoms with Crippen LogP contribution >= 0.6 is 0 Å². The quantitative estimate of drug-likeness (QED) is 0.453. The summed E-state index contributed by atoms with van der Waals surface area (Å²) in [6.07, 6.45) is 0.825. The van der Waals surface area contributed by atoms with Gasteiger partial charge in [-0.25, -0.2) is 0 Å². The van der Waals surface area contributed by atoms with Crippen LogP contribution in [0.3, 0.4) is 0 Å². The van der Waals surface area contributed by atoms with E-state index in [0.29, 0.717) is 23.7 Å². The Labute approximate surface area is 139 Å². The molecule has 0 aromatic carbocycles. The van der Waals surface area contributed by atoms with Gasteiger partial charge in [-0.05, 0) is 0 Å². The first kappa shape index (κ1) is 16.4. The molecule has 0 saturated heterocycles. The molecule has 4 unspecified atom stereocenters. The SMILES string of the molecule is CC1C2[C](=[W])[C](=[W])C(C)C(C)(C)C2[C@H](O)CC1(C)C. The van der Waals surface area contributed by atoms with Crippen molar-refractivity contribution in [3.63, 3.8) is 0 Å². The van der Waals surface area contributed by atoms with Crippen LogP contribution < -0.4 is 0 Å². The molecular weight excluding hydrogens is 576 g/mol. The van der Waals surface area contributed by atoms with Gasteiger partial charge in [0.25, 0.3) is 0 Å². The van der Waals surface area contributed by atoms with Gasteiger partial charge < -0.3 is 0 Å². The third-order valence-electron chi connectivity index (χ3n) is 6.22. The van der Waals surface area contributed by atoms with Gasteiger partial charge in [-0.3, -0.25) is 0 Å². The van der Waals surface area contributed by atoms with Crippen LogP contribution in [0, 0.1) is 34.5 Å². The second-order valence-corrected chi connectivity index (χ2v) is 11.0. The molecule has 0 radical (unpaired) electrons. The maximum atomic E-state index is 10.8. The van der Waals surface area contributed by atoms with Crippen molar-refractivity contribution in [2.75, 3.05) is 0 Å². The topological polar surface area (TPSA) is 20.2 Å². The molecule has 1 N–H and O–H groups in total. The molecular formula is C16H26OW2. The molecule has 2 saturated carbocycles. The summed E-state index contributed by atoms with van der Waals surface area (Å²) in [7, 11) is 0. The average Bonchev–Trinajstić information content (AvgIpc) is 2.28. The summed E-state index contributed by atoms with van der Waals surface area (Å²) in [5.41, 5.74) is 0.485. The van der Waals surface area contributed by atoms with E-state index in [9.17, 15) is 5.11 Å². The van der Waals surface area contributed by atoms with Crippen molar-refractivity contribution in [3.05, 3.63) is 0 Å². The van der Waals surface area contributed by atoms with E-state index in [2.05, 4.69) is 41.5 Å². The summed E-state index contributed by atoms with van der Waals surface area (Å²) in [5, 5.41) is 10.8. The normalized spacial score (nSPS) is 44.9. The number of aliphatic hydroxyl groups is 1. The molecule has 0 amide bonds. The van der Waals surface area contributed by atoms with E-state index in [0.717, 1.165) is 6.42 Å². The molecule has 0 aliphatic heterocycles. The Kier molecular flexibility index (Phi) is 4.39. The Morgan fingerprint density at radius 2 is 1.58 bits per heavy atom. The van der Waals surface area contributed by atoms with Crippen LogP contribution in [0.5, 0.6) is 0 Å². The van der Waals surface area contributed by atoms with Gasteiger partial charge in [-0.2, -0.15) is 0 Å². The van der Waals surface area contributed by atoms with E-state index in [4.69, 9.17) is 0 Å². The molecule has 2 rings (SSSR count). The zero-order valence-electron chi connectivity index (χ0n) is 12.9. The molecule has 0 spiro atoms. The zero-order valence-corrected chi connectivity index (χ0v) is 18.7. The molecule has 0 aromatic heterocycles. The van der Waals surface area contributed by atoms with Crippen LogP contribution in [0.15, 0.2) is 0 Å². The molecule has 2 aliphatic carbocycles. The summed E-state index contributed by atoms with van der Waals surface area (Å²) in [6.45, 7) is 14.2. The van der Waals surface area contributed by atoms with Crippen molar-refractivity contribution in [1.82, 2.24) is 0 Å². The molecule has 0 aromatic rings. The minimum atomic E-state index is -0.133. The van der Waals surface area contributed by atoms with Gasteiger partial charge in [0.05, 0.1) is 0 Å². The first-order chi connectivity index (χ1) is 8.51. The second-order valence-electron chi connectivity index (χ2n) is 7.87. The summed E-state index contributed by atoms with van der Waals surface area (Å²) in [4.78, 5) is 0. The Bertz CT molecular complexity index is 424. The van der Waals surface area contributed by atoms with Crippen LogP contribution in [0.1, 0.15) is 48.0 Å². The first-order valence-corrected chi connectivity index (χ1v) is 10.2. The van der Waals surface area contributed by atoms with E-state index in [1.165, 1.54) is 0 Å². The van der Waals surface area contributed by atoms with Gasteiger partial charge in [0.15, 0.2) is 0 Å². The average molecular weight is 602 g/mol. The number of hydrogen-bond donors (Lipinski definition) is 1. The first-order valence-electron chi connectivity index (χ1n) is 7.28. The van der Waals surface area contributed by atoms with Crippen molar-refractivity contribution < 1.29 is 43.8 Å². The zero-order chi connectivity index (χ0) is 14.7. The number of hydrogen-bond acceptors (Lipinski definition) is 1. The van der Waals surface area contributed by atoms with Crippen molar-refractivity contribution in [3.8, 4) is 0 Å². The summed E-state index contributed by atoms with van der Waals surface area (Å²) in [5.74, 6) is 2.35. The fourth-order valence-corrected chi connectivity index (χ4v) is 7.72. The van der Waals surface area contributed by atoms with Crippen LogP contribution in [0.25, 0.3) is 0 Å². The number of fused-ring (bicyclic) bond motifs is 1. The Morgan fingerprint density at radius 1 is 1.05 bits per heavy atom. The van der Waals surface area contributed by atoms with Crippen molar-refractivity contribution in [2.24, 2.45) is 34.5 Å². The Morgan fingerprint density at radius 3 is 2.11 bits per heavy atom. The maximum absolute atomic E-state index is 10.8. The fraction of sp³-hybridized carbons (Fsp3) is 0.875. The van der Waals surface area contributed by atoms with E-state index in [1.807, 2.05) is 0 Å². The molecule has 2 aliphatic rings. The molecule has 3 heteroatoms. The molecule has 0 bridgehead atoms. The van der Waals surface area contributed by atoms with Gasteiger partial charge >= 0.3 is 140 Å². The number of rotatable bonds is 0. The molecule has 1 nitrogen and oxygen atoms in total. The van der Waals surface area contributed by atoms with E-state index < -0.39 is 0 Å². The molecule has 19 heavy (non-hydrogen) atoms. The summed E-state index contributed by atoms with van der Waals surface area (Å²) < 4.78 is 3.35. The molecule has 0 heterocycles. The molecule has 5 atom stereocenters. The van der Waals surface area contributed by atoms with E-state index >= 15 is 0 Å². The Balaban J connectivity index is 2.52. The predicted octanol–water partition coefficient (Wildman–Crippen LogP) is 2.76. The van der Waals surface area contributed by atoms with Crippen LogP contribution in [-0.2, 0) is 38.7 Å². The monoisotopic (exact) mass is 602 g/mol. The van der Waals surface area contributed by atoms with Crippen LogP contribution in [0.2, 0.25) is 0 Å². The van der Waals surface area contributed by atoms with Crippen molar-refractivity contribution in [1.29, 1.82) is 0 Å². The minimum absolute atomic E-state index is 0.133. The van der Waals surface area contributed by atoms with Crippen LogP contribution in [-0.4, -0.2) is 19.0 Å². The van der Waals surface area contributed by atoms with Gasteiger partial charge in [-0.15, -0.1) is 0 Å². The summed E-state index contributed by atoms with van der Waals surface area (Å²) >= 11 is 3.28.